The largest absolute Gasteiger partial charge is 0.376 e. The van der Waals surface area contributed by atoms with Crippen molar-refractivity contribution in [3.05, 3.63) is 52.5 Å². The topological polar surface area (TPSA) is 70.2 Å². The number of rotatable bonds is 5. The summed E-state index contributed by atoms with van der Waals surface area (Å²) in [5.41, 5.74) is 1.82. The van der Waals surface area contributed by atoms with Gasteiger partial charge in [-0.2, -0.15) is 0 Å². The molecule has 0 fully saturated rings. The number of nitrogens with one attached hydrogen (secondary N) is 3. The first-order valence-electron chi connectivity index (χ1n) is 6.81. The van der Waals surface area contributed by atoms with Crippen molar-refractivity contribution in [2.24, 2.45) is 0 Å². The molecule has 5 nitrogen and oxygen atoms in total. The van der Waals surface area contributed by atoms with Crippen LogP contribution in [0.2, 0.25) is 10.0 Å². The predicted molar refractivity (Wildman–Crippen MR) is 94.3 cm³/mol. The highest BCUT2D eigenvalue weighted by atomic mass is 35.5. The lowest BCUT2D eigenvalue weighted by Crippen LogP contribution is -2.22. The third-order valence-corrected chi connectivity index (χ3v) is 3.68. The van der Waals surface area contributed by atoms with Crippen LogP contribution in [0.25, 0.3) is 0 Å². The number of halogens is 2. The fourth-order valence-corrected chi connectivity index (χ4v) is 2.24. The van der Waals surface area contributed by atoms with Crippen LogP contribution in [-0.4, -0.2) is 18.4 Å². The van der Waals surface area contributed by atoms with Gasteiger partial charge in [0.15, 0.2) is 0 Å². The maximum absolute atomic E-state index is 12.0. The van der Waals surface area contributed by atoms with Crippen molar-refractivity contribution in [1.29, 1.82) is 0 Å². The van der Waals surface area contributed by atoms with Gasteiger partial charge in [0, 0.05) is 18.3 Å². The standard InChI is InChI=1S/C16H15Cl2N3O2/c1-10(22)20-12-5-2-4-11(8-12)19-9-15(23)21-14-7-3-6-13(17)16(14)18/h2-8,19H,9H2,1H3,(H,20,22)(H,21,23). The number of hydrogen-bond acceptors (Lipinski definition) is 3. The maximum atomic E-state index is 12.0. The van der Waals surface area contributed by atoms with Gasteiger partial charge < -0.3 is 16.0 Å². The van der Waals surface area contributed by atoms with Gasteiger partial charge in [0.25, 0.3) is 0 Å². The molecule has 0 unspecified atom stereocenters. The SMILES string of the molecule is CC(=O)Nc1cccc(NCC(=O)Nc2cccc(Cl)c2Cl)c1. The summed E-state index contributed by atoms with van der Waals surface area (Å²) >= 11 is 11.9. The summed E-state index contributed by atoms with van der Waals surface area (Å²) in [5, 5.41) is 9.00. The second-order valence-corrected chi connectivity index (χ2v) is 5.55. The Morgan fingerprint density at radius 2 is 1.70 bits per heavy atom. The van der Waals surface area contributed by atoms with Crippen LogP contribution in [0.3, 0.4) is 0 Å². The van der Waals surface area contributed by atoms with Crippen molar-refractivity contribution in [2.75, 3.05) is 22.5 Å². The molecule has 0 saturated carbocycles. The molecule has 7 heteroatoms. The van der Waals surface area contributed by atoms with Gasteiger partial charge in [0.2, 0.25) is 11.8 Å². The van der Waals surface area contributed by atoms with Crippen molar-refractivity contribution < 1.29 is 9.59 Å². The highest BCUT2D eigenvalue weighted by Gasteiger charge is 2.08. The molecular weight excluding hydrogens is 337 g/mol. The first-order valence-corrected chi connectivity index (χ1v) is 7.56. The minimum Gasteiger partial charge on any atom is -0.376 e. The number of amides is 2. The van der Waals surface area contributed by atoms with Crippen LogP contribution in [0.5, 0.6) is 0 Å². The highest BCUT2D eigenvalue weighted by Crippen LogP contribution is 2.29. The monoisotopic (exact) mass is 351 g/mol. The molecule has 0 heterocycles. The van der Waals surface area contributed by atoms with Crippen LogP contribution in [0, 0.1) is 0 Å². The summed E-state index contributed by atoms with van der Waals surface area (Å²) in [6.45, 7) is 1.48. The van der Waals surface area contributed by atoms with Crippen LogP contribution >= 0.6 is 23.2 Å². The fourth-order valence-electron chi connectivity index (χ4n) is 1.89. The molecule has 2 aromatic carbocycles. The van der Waals surface area contributed by atoms with Crippen LogP contribution in [0.15, 0.2) is 42.5 Å². The van der Waals surface area contributed by atoms with E-state index < -0.39 is 0 Å². The molecule has 0 bridgehead atoms. The highest BCUT2D eigenvalue weighted by molar-refractivity contribution is 6.44. The number of carbonyl (C=O) groups is 2. The zero-order chi connectivity index (χ0) is 16.8. The van der Waals surface area contributed by atoms with Gasteiger partial charge in [-0.05, 0) is 30.3 Å². The quantitative estimate of drug-likeness (QED) is 0.762. The Bertz CT molecular complexity index is 735. The third-order valence-electron chi connectivity index (χ3n) is 2.86. The molecule has 3 N–H and O–H groups in total. The average Bonchev–Trinajstić information content (AvgIpc) is 2.50. The molecule has 0 aliphatic heterocycles. The third kappa shape index (κ3) is 5.16. The smallest absolute Gasteiger partial charge is 0.243 e. The summed E-state index contributed by atoms with van der Waals surface area (Å²) in [4.78, 5) is 23.0. The van der Waals surface area contributed by atoms with E-state index in [1.807, 2.05) is 0 Å². The van der Waals surface area contributed by atoms with E-state index >= 15 is 0 Å². The molecule has 2 rings (SSSR count). The zero-order valence-corrected chi connectivity index (χ0v) is 13.8. The summed E-state index contributed by atoms with van der Waals surface area (Å²) in [5.74, 6) is -0.422. The molecule has 0 aliphatic carbocycles. The van der Waals surface area contributed by atoms with Crippen LogP contribution in [0.1, 0.15) is 6.92 Å². The van der Waals surface area contributed by atoms with Gasteiger partial charge in [-0.15, -0.1) is 0 Å². The predicted octanol–water partition coefficient (Wildman–Crippen LogP) is 4.00. The van der Waals surface area contributed by atoms with E-state index in [1.54, 1.807) is 42.5 Å². The van der Waals surface area contributed by atoms with Gasteiger partial charge in [0.05, 0.1) is 22.3 Å². The van der Waals surface area contributed by atoms with Gasteiger partial charge >= 0.3 is 0 Å². The zero-order valence-electron chi connectivity index (χ0n) is 12.3. The van der Waals surface area contributed by atoms with E-state index in [0.29, 0.717) is 27.1 Å². The minimum absolute atomic E-state index is 0.0480. The molecule has 0 aliphatic rings. The normalized spacial score (nSPS) is 10.0. The second-order valence-electron chi connectivity index (χ2n) is 4.77. The molecule has 0 aromatic heterocycles. The van der Waals surface area contributed by atoms with Gasteiger partial charge in [-0.1, -0.05) is 35.3 Å². The van der Waals surface area contributed by atoms with Gasteiger partial charge in [0.1, 0.15) is 0 Å². The molecule has 0 atom stereocenters. The molecule has 2 amide bonds. The second kappa shape index (κ2) is 7.85. The maximum Gasteiger partial charge on any atom is 0.243 e. The van der Waals surface area contributed by atoms with Crippen molar-refractivity contribution in [1.82, 2.24) is 0 Å². The van der Waals surface area contributed by atoms with E-state index in [0.717, 1.165) is 0 Å². The lowest BCUT2D eigenvalue weighted by molar-refractivity contribution is -0.115. The van der Waals surface area contributed by atoms with Gasteiger partial charge in [-0.25, -0.2) is 0 Å². The number of benzene rings is 2. The molecule has 0 saturated heterocycles. The van der Waals surface area contributed by atoms with Crippen molar-refractivity contribution in [3.8, 4) is 0 Å². The van der Waals surface area contributed by atoms with Crippen molar-refractivity contribution in [3.63, 3.8) is 0 Å². The molecule has 2 aromatic rings. The number of anilines is 3. The first kappa shape index (κ1) is 17.1. The van der Waals surface area contributed by atoms with Crippen LogP contribution in [0.4, 0.5) is 17.1 Å². The summed E-state index contributed by atoms with van der Waals surface area (Å²) in [6, 6.07) is 12.1. The molecular formula is C16H15Cl2N3O2. The van der Waals surface area contributed by atoms with Crippen LogP contribution in [-0.2, 0) is 9.59 Å². The Kier molecular flexibility index (Phi) is 5.84. The minimum atomic E-state index is -0.265. The van der Waals surface area contributed by atoms with E-state index in [4.69, 9.17) is 23.2 Å². The first-order chi connectivity index (χ1) is 11.0. The summed E-state index contributed by atoms with van der Waals surface area (Å²) < 4.78 is 0. The van der Waals surface area contributed by atoms with Gasteiger partial charge in [-0.3, -0.25) is 9.59 Å². The Labute approximate surface area is 144 Å². The summed E-state index contributed by atoms with van der Waals surface area (Å²) in [7, 11) is 0. The van der Waals surface area contributed by atoms with Crippen LogP contribution < -0.4 is 16.0 Å². The number of carbonyl (C=O) groups excluding carboxylic acids is 2. The Balaban J connectivity index is 1.94. The lowest BCUT2D eigenvalue weighted by Gasteiger charge is -2.10. The number of hydrogen-bond donors (Lipinski definition) is 3. The van der Waals surface area contributed by atoms with Crippen molar-refractivity contribution in [2.45, 2.75) is 6.92 Å². The van der Waals surface area contributed by atoms with Crippen molar-refractivity contribution >= 4 is 52.1 Å². The lowest BCUT2D eigenvalue weighted by atomic mass is 10.2. The molecule has 120 valence electrons. The molecule has 0 radical (unpaired) electrons. The Morgan fingerprint density at radius 1 is 1.00 bits per heavy atom. The van der Waals surface area contributed by atoms with E-state index in [2.05, 4.69) is 16.0 Å². The average molecular weight is 352 g/mol. The fraction of sp³-hybridized carbons (Fsp3) is 0.125. The molecule has 23 heavy (non-hydrogen) atoms. The molecule has 0 spiro atoms. The Morgan fingerprint density at radius 3 is 2.43 bits per heavy atom. The van der Waals surface area contributed by atoms with E-state index in [9.17, 15) is 9.59 Å². The van der Waals surface area contributed by atoms with E-state index in [1.165, 1.54) is 6.92 Å². The summed E-state index contributed by atoms with van der Waals surface area (Å²) in [6.07, 6.45) is 0. The Hall–Kier alpha value is -2.24. The van der Waals surface area contributed by atoms with E-state index in [-0.39, 0.29) is 18.4 Å².